The Kier molecular flexibility index (Phi) is 3.79. The number of allylic oxidation sites excluding steroid dienone is 1. The standard InChI is InChI=1S/C16H21NOSi/c1-19(2,3)15(13-8-9-13)11-10-12-6-4-5-7-14(12)16(17)18/h4-7,10,13H,8-9H2,1-3H3,(H2,17,18). The first kappa shape index (κ1) is 13.8. The van der Waals surface area contributed by atoms with Gasteiger partial charge in [-0.1, -0.05) is 37.8 Å². The highest BCUT2D eigenvalue weighted by Gasteiger charge is 2.33. The minimum atomic E-state index is -1.33. The summed E-state index contributed by atoms with van der Waals surface area (Å²) in [5.41, 5.74) is 10.3. The predicted octanol–water partition coefficient (Wildman–Crippen LogP) is 3.61. The molecule has 0 atom stereocenters. The molecule has 0 heterocycles. The zero-order valence-electron chi connectivity index (χ0n) is 11.9. The van der Waals surface area contributed by atoms with Crippen LogP contribution in [0.2, 0.25) is 19.6 Å². The van der Waals surface area contributed by atoms with Crippen molar-refractivity contribution < 1.29 is 4.79 Å². The third-order valence-corrected chi connectivity index (χ3v) is 5.57. The van der Waals surface area contributed by atoms with Gasteiger partial charge in [-0.25, -0.2) is 0 Å². The summed E-state index contributed by atoms with van der Waals surface area (Å²) >= 11 is 0. The molecule has 0 radical (unpaired) electrons. The minimum absolute atomic E-state index is 0.380. The average Bonchev–Trinajstić information content (AvgIpc) is 3.12. The zero-order chi connectivity index (χ0) is 14.0. The molecular weight excluding hydrogens is 250 g/mol. The molecule has 0 bridgehead atoms. The van der Waals surface area contributed by atoms with Crippen LogP contribution < -0.4 is 5.73 Å². The summed E-state index contributed by atoms with van der Waals surface area (Å²) in [7, 11) is -1.33. The molecule has 1 aromatic rings. The van der Waals surface area contributed by atoms with Gasteiger partial charge in [0.05, 0.1) is 8.07 Å². The van der Waals surface area contributed by atoms with E-state index in [1.54, 1.807) is 6.07 Å². The number of carbonyl (C=O) groups excluding carboxylic acids is 1. The Bertz CT molecular complexity index is 558. The molecule has 1 aromatic carbocycles. The molecule has 1 amide bonds. The third kappa shape index (κ3) is 3.46. The maximum atomic E-state index is 11.4. The van der Waals surface area contributed by atoms with Crippen LogP contribution in [0.5, 0.6) is 0 Å². The topological polar surface area (TPSA) is 43.1 Å². The first-order valence-electron chi connectivity index (χ1n) is 6.75. The van der Waals surface area contributed by atoms with E-state index in [0.717, 1.165) is 11.5 Å². The van der Waals surface area contributed by atoms with Crippen molar-refractivity contribution in [1.82, 2.24) is 0 Å². The first-order valence-corrected chi connectivity index (χ1v) is 10.3. The van der Waals surface area contributed by atoms with Crippen LogP contribution >= 0.6 is 0 Å². The molecule has 2 rings (SSSR count). The molecule has 19 heavy (non-hydrogen) atoms. The van der Waals surface area contributed by atoms with Crippen molar-refractivity contribution in [2.75, 3.05) is 0 Å². The number of amides is 1. The van der Waals surface area contributed by atoms with Crippen LogP contribution in [0.4, 0.5) is 0 Å². The van der Waals surface area contributed by atoms with Gasteiger partial charge in [0.25, 0.3) is 0 Å². The number of carbonyl (C=O) groups is 1. The van der Waals surface area contributed by atoms with Crippen molar-refractivity contribution in [2.45, 2.75) is 32.5 Å². The van der Waals surface area contributed by atoms with E-state index in [-0.39, 0.29) is 5.91 Å². The molecule has 1 fully saturated rings. The second-order valence-corrected chi connectivity index (χ2v) is 11.2. The summed E-state index contributed by atoms with van der Waals surface area (Å²) in [6.07, 6.45) is 4.52. The molecule has 2 N–H and O–H groups in total. The molecule has 0 unspecified atom stereocenters. The van der Waals surface area contributed by atoms with Gasteiger partial charge in [-0.15, -0.1) is 5.73 Å². The lowest BCUT2D eigenvalue weighted by atomic mass is 10.1. The minimum Gasteiger partial charge on any atom is -0.366 e. The van der Waals surface area contributed by atoms with E-state index in [1.165, 1.54) is 18.0 Å². The fourth-order valence-electron chi connectivity index (χ4n) is 2.32. The second kappa shape index (κ2) is 5.20. The Hall–Kier alpha value is -1.57. The Morgan fingerprint density at radius 3 is 2.47 bits per heavy atom. The molecule has 1 aliphatic rings. The van der Waals surface area contributed by atoms with Gasteiger partial charge < -0.3 is 5.73 Å². The lowest BCUT2D eigenvalue weighted by molar-refractivity contribution is 0.1000. The Morgan fingerprint density at radius 1 is 1.32 bits per heavy atom. The quantitative estimate of drug-likeness (QED) is 0.660. The molecule has 1 aliphatic carbocycles. The lowest BCUT2D eigenvalue weighted by Gasteiger charge is -2.18. The lowest BCUT2D eigenvalue weighted by Crippen LogP contribution is -2.24. The Morgan fingerprint density at radius 2 is 1.95 bits per heavy atom. The van der Waals surface area contributed by atoms with Gasteiger partial charge >= 0.3 is 0 Å². The fourth-order valence-corrected chi connectivity index (χ4v) is 4.34. The predicted molar refractivity (Wildman–Crippen MR) is 82.5 cm³/mol. The van der Waals surface area contributed by atoms with Gasteiger partial charge in [0.1, 0.15) is 0 Å². The monoisotopic (exact) mass is 271 g/mol. The van der Waals surface area contributed by atoms with Gasteiger partial charge in [0.15, 0.2) is 0 Å². The summed E-state index contributed by atoms with van der Waals surface area (Å²) in [6, 6.07) is 7.44. The third-order valence-electron chi connectivity index (χ3n) is 3.40. The smallest absolute Gasteiger partial charge is 0.249 e. The molecular formula is C16H21NOSi. The molecule has 2 nitrogen and oxygen atoms in total. The van der Waals surface area contributed by atoms with Crippen LogP contribution in [0.15, 0.2) is 35.2 Å². The summed E-state index contributed by atoms with van der Waals surface area (Å²) in [6.45, 7) is 7.05. The summed E-state index contributed by atoms with van der Waals surface area (Å²) in [5, 5.41) is 1.48. The van der Waals surface area contributed by atoms with Gasteiger partial charge in [-0.05, 0) is 41.7 Å². The SMILES string of the molecule is C[Si](C)(C)C(=C=Cc1ccccc1C(N)=O)C1CC1. The van der Waals surface area contributed by atoms with Crippen LogP contribution in [0.25, 0.3) is 6.08 Å². The van der Waals surface area contributed by atoms with E-state index >= 15 is 0 Å². The zero-order valence-corrected chi connectivity index (χ0v) is 12.9. The number of rotatable bonds is 4. The van der Waals surface area contributed by atoms with Crippen molar-refractivity contribution in [3.05, 3.63) is 46.3 Å². The molecule has 3 heteroatoms. The van der Waals surface area contributed by atoms with E-state index in [0.29, 0.717) is 5.56 Å². The number of hydrogen-bond acceptors (Lipinski definition) is 1. The largest absolute Gasteiger partial charge is 0.366 e. The van der Waals surface area contributed by atoms with E-state index in [4.69, 9.17) is 5.73 Å². The maximum Gasteiger partial charge on any atom is 0.249 e. The highest BCUT2D eigenvalue weighted by atomic mass is 28.3. The summed E-state index contributed by atoms with van der Waals surface area (Å²) < 4.78 is 0. The first-order chi connectivity index (χ1) is 8.89. The molecule has 0 saturated heterocycles. The Balaban J connectivity index is 2.43. The number of hydrogen-bond donors (Lipinski definition) is 1. The number of primary amides is 1. The van der Waals surface area contributed by atoms with E-state index < -0.39 is 8.07 Å². The van der Waals surface area contributed by atoms with Crippen LogP contribution in [0.1, 0.15) is 28.8 Å². The van der Waals surface area contributed by atoms with Crippen molar-refractivity contribution in [3.63, 3.8) is 0 Å². The van der Waals surface area contributed by atoms with E-state index in [9.17, 15) is 4.79 Å². The molecule has 0 aliphatic heterocycles. The fraction of sp³-hybridized carbons (Fsp3) is 0.375. The van der Waals surface area contributed by atoms with E-state index in [1.807, 2.05) is 24.3 Å². The van der Waals surface area contributed by atoms with Crippen molar-refractivity contribution >= 4 is 20.1 Å². The highest BCUT2D eigenvalue weighted by molar-refractivity contribution is 6.83. The highest BCUT2D eigenvalue weighted by Crippen LogP contribution is 2.40. The molecule has 1 saturated carbocycles. The summed E-state index contributed by atoms with van der Waals surface area (Å²) in [4.78, 5) is 11.4. The Labute approximate surface area is 116 Å². The molecule has 100 valence electrons. The normalized spacial score (nSPS) is 14.7. The van der Waals surface area contributed by atoms with Gasteiger partial charge in [0, 0.05) is 5.56 Å². The molecule has 0 aromatic heterocycles. The van der Waals surface area contributed by atoms with Gasteiger partial charge in [-0.3, -0.25) is 4.79 Å². The molecule has 0 spiro atoms. The average molecular weight is 271 g/mol. The van der Waals surface area contributed by atoms with E-state index in [2.05, 4.69) is 25.4 Å². The van der Waals surface area contributed by atoms with Crippen LogP contribution in [0, 0.1) is 5.92 Å². The van der Waals surface area contributed by atoms with Crippen LogP contribution in [-0.2, 0) is 0 Å². The van der Waals surface area contributed by atoms with Crippen molar-refractivity contribution in [1.29, 1.82) is 0 Å². The summed E-state index contributed by atoms with van der Waals surface area (Å²) in [5.74, 6) is 0.346. The van der Waals surface area contributed by atoms with Gasteiger partial charge in [0.2, 0.25) is 5.91 Å². The van der Waals surface area contributed by atoms with Gasteiger partial charge in [-0.2, -0.15) is 0 Å². The van der Waals surface area contributed by atoms with Crippen LogP contribution in [-0.4, -0.2) is 14.0 Å². The second-order valence-electron chi connectivity index (χ2n) is 6.18. The van der Waals surface area contributed by atoms with Crippen molar-refractivity contribution in [3.8, 4) is 0 Å². The number of nitrogens with two attached hydrogens (primary N) is 1. The van der Waals surface area contributed by atoms with Crippen molar-refractivity contribution in [2.24, 2.45) is 11.7 Å². The maximum absolute atomic E-state index is 11.4. The van der Waals surface area contributed by atoms with Crippen LogP contribution in [0.3, 0.4) is 0 Å². The number of benzene rings is 1.